The van der Waals surface area contributed by atoms with Crippen molar-refractivity contribution in [1.29, 1.82) is 0 Å². The summed E-state index contributed by atoms with van der Waals surface area (Å²) in [6, 6.07) is 5.81. The van der Waals surface area contributed by atoms with Crippen molar-refractivity contribution in [2.45, 2.75) is 29.5 Å². The second-order valence-corrected chi connectivity index (χ2v) is 8.93. The Kier molecular flexibility index (Phi) is 6.92. The number of sulfone groups is 1. The van der Waals surface area contributed by atoms with E-state index in [1.165, 1.54) is 6.07 Å². The van der Waals surface area contributed by atoms with E-state index in [0.717, 1.165) is 30.3 Å². The molecule has 1 fully saturated rings. The van der Waals surface area contributed by atoms with Crippen molar-refractivity contribution < 1.29 is 31.2 Å². The van der Waals surface area contributed by atoms with Gasteiger partial charge in [-0.3, -0.25) is 4.79 Å². The van der Waals surface area contributed by atoms with E-state index < -0.39 is 32.9 Å². The summed E-state index contributed by atoms with van der Waals surface area (Å²) in [5.41, 5.74) is -1.86. The molecule has 1 aliphatic heterocycles. The SMILES string of the molecule is O=c1cc(C(ON=C2CCNCC2)S(=O)(=O)c2ccc(OC(F)(F)F)cc2)cc(Cl)[nH]1. The third kappa shape index (κ3) is 6.21. The Bertz CT molecular complexity index is 1110. The third-order valence-electron chi connectivity index (χ3n) is 4.23. The molecule has 0 saturated carbocycles. The number of piperidine rings is 1. The molecule has 1 saturated heterocycles. The first-order chi connectivity index (χ1) is 14.5. The van der Waals surface area contributed by atoms with Gasteiger partial charge in [0.1, 0.15) is 10.9 Å². The molecule has 0 spiro atoms. The van der Waals surface area contributed by atoms with E-state index in [1.54, 1.807) is 0 Å². The summed E-state index contributed by atoms with van der Waals surface area (Å²) in [4.78, 5) is 19.1. The van der Waals surface area contributed by atoms with Crippen LogP contribution >= 0.6 is 11.6 Å². The molecule has 1 aromatic heterocycles. The van der Waals surface area contributed by atoms with Crippen molar-refractivity contribution in [3.63, 3.8) is 0 Å². The molecule has 0 amide bonds. The molecule has 0 radical (unpaired) electrons. The van der Waals surface area contributed by atoms with Gasteiger partial charge in [0.05, 0.1) is 10.6 Å². The number of halogens is 4. The van der Waals surface area contributed by atoms with Crippen LogP contribution in [0.4, 0.5) is 13.2 Å². The van der Waals surface area contributed by atoms with Crippen molar-refractivity contribution in [3.8, 4) is 5.75 Å². The van der Waals surface area contributed by atoms with Gasteiger partial charge in [0.15, 0.2) is 0 Å². The Morgan fingerprint density at radius 3 is 2.32 bits per heavy atom. The highest BCUT2D eigenvalue weighted by Crippen LogP contribution is 2.32. The van der Waals surface area contributed by atoms with E-state index >= 15 is 0 Å². The molecule has 1 aliphatic rings. The first kappa shape index (κ1) is 23.1. The zero-order valence-electron chi connectivity index (χ0n) is 15.8. The van der Waals surface area contributed by atoms with Gasteiger partial charge in [-0.25, -0.2) is 8.42 Å². The Balaban J connectivity index is 1.97. The first-order valence-electron chi connectivity index (χ1n) is 8.96. The molecule has 2 aromatic rings. The minimum Gasteiger partial charge on any atom is -0.406 e. The molecule has 0 aliphatic carbocycles. The molecule has 1 unspecified atom stereocenters. The zero-order valence-corrected chi connectivity index (χ0v) is 17.4. The van der Waals surface area contributed by atoms with E-state index in [2.05, 4.69) is 20.2 Å². The number of hydrogen-bond donors (Lipinski definition) is 2. The highest BCUT2D eigenvalue weighted by molar-refractivity contribution is 7.91. The smallest absolute Gasteiger partial charge is 0.406 e. The number of H-pyrrole nitrogens is 1. The Labute approximate surface area is 179 Å². The van der Waals surface area contributed by atoms with Crippen molar-refractivity contribution in [3.05, 3.63) is 57.5 Å². The van der Waals surface area contributed by atoms with Crippen LogP contribution in [0.1, 0.15) is 23.8 Å². The third-order valence-corrected chi connectivity index (χ3v) is 6.29. The second kappa shape index (κ2) is 9.28. The lowest BCUT2D eigenvalue weighted by Gasteiger charge is -2.19. The number of hydrogen-bond acceptors (Lipinski definition) is 7. The monoisotopic (exact) mass is 479 g/mol. The van der Waals surface area contributed by atoms with Crippen LogP contribution in [0, 0.1) is 0 Å². The lowest BCUT2D eigenvalue weighted by atomic mass is 10.1. The number of nitrogens with zero attached hydrogens (tertiary/aromatic N) is 1. The fourth-order valence-corrected chi connectivity index (χ4v) is 4.48. The summed E-state index contributed by atoms with van der Waals surface area (Å²) < 4.78 is 67.2. The van der Waals surface area contributed by atoms with E-state index in [9.17, 15) is 26.4 Å². The zero-order chi connectivity index (χ0) is 22.6. The van der Waals surface area contributed by atoms with Crippen molar-refractivity contribution >= 4 is 27.1 Å². The van der Waals surface area contributed by atoms with Gasteiger partial charge in [0.2, 0.25) is 15.4 Å². The van der Waals surface area contributed by atoms with Crippen LogP contribution in [0.15, 0.2) is 51.2 Å². The number of pyridine rings is 1. The van der Waals surface area contributed by atoms with Crippen LogP contribution in [0.3, 0.4) is 0 Å². The molecule has 31 heavy (non-hydrogen) atoms. The summed E-state index contributed by atoms with van der Waals surface area (Å²) in [6.45, 7) is 1.30. The van der Waals surface area contributed by atoms with Gasteiger partial charge in [-0.15, -0.1) is 13.2 Å². The quantitative estimate of drug-likeness (QED) is 0.486. The molecule has 1 atom stereocenters. The van der Waals surface area contributed by atoms with E-state index in [-0.39, 0.29) is 15.6 Å². The average Bonchev–Trinajstić information content (AvgIpc) is 2.67. The first-order valence-corrected chi connectivity index (χ1v) is 10.9. The van der Waals surface area contributed by atoms with Crippen LogP contribution < -0.4 is 15.6 Å². The van der Waals surface area contributed by atoms with Gasteiger partial charge in [0, 0.05) is 37.6 Å². The molecule has 2 N–H and O–H groups in total. The maximum Gasteiger partial charge on any atom is 0.573 e. The molecule has 0 bridgehead atoms. The van der Waals surface area contributed by atoms with E-state index in [1.807, 2.05) is 0 Å². The predicted molar refractivity (Wildman–Crippen MR) is 106 cm³/mol. The maximum atomic E-state index is 13.2. The Hall–Kier alpha value is -2.57. The molecule has 1 aromatic carbocycles. The number of ether oxygens (including phenoxy) is 1. The van der Waals surface area contributed by atoms with Crippen LogP contribution in [0.5, 0.6) is 5.75 Å². The van der Waals surface area contributed by atoms with Gasteiger partial charge in [-0.2, -0.15) is 0 Å². The molecular formula is C18H17ClF3N3O5S. The van der Waals surface area contributed by atoms with Crippen molar-refractivity contribution in [1.82, 2.24) is 10.3 Å². The average molecular weight is 480 g/mol. The minimum absolute atomic E-state index is 0.0809. The van der Waals surface area contributed by atoms with Crippen LogP contribution in [-0.2, 0) is 14.7 Å². The van der Waals surface area contributed by atoms with Crippen LogP contribution in [0.25, 0.3) is 0 Å². The van der Waals surface area contributed by atoms with E-state index in [0.29, 0.717) is 31.6 Å². The number of benzene rings is 1. The molecule has 13 heteroatoms. The maximum absolute atomic E-state index is 13.2. The lowest BCUT2D eigenvalue weighted by Crippen LogP contribution is -2.28. The number of nitrogens with one attached hydrogen (secondary N) is 2. The predicted octanol–water partition coefficient (Wildman–Crippen LogP) is 3.16. The van der Waals surface area contributed by atoms with Gasteiger partial charge < -0.3 is 19.9 Å². The highest BCUT2D eigenvalue weighted by atomic mass is 35.5. The lowest BCUT2D eigenvalue weighted by molar-refractivity contribution is -0.274. The van der Waals surface area contributed by atoms with Crippen LogP contribution in [0.2, 0.25) is 5.15 Å². The van der Waals surface area contributed by atoms with E-state index in [4.69, 9.17) is 16.4 Å². The van der Waals surface area contributed by atoms with Gasteiger partial charge in [0.25, 0.3) is 5.44 Å². The molecule has 2 heterocycles. The largest absolute Gasteiger partial charge is 0.573 e. The molecular weight excluding hydrogens is 463 g/mol. The fourth-order valence-electron chi connectivity index (χ4n) is 2.85. The summed E-state index contributed by atoms with van der Waals surface area (Å²) in [5, 5.41) is 6.95. The number of aromatic amines is 1. The molecule has 8 nitrogen and oxygen atoms in total. The fraction of sp³-hybridized carbons (Fsp3) is 0.333. The van der Waals surface area contributed by atoms with Gasteiger partial charge in [-0.1, -0.05) is 16.8 Å². The topological polar surface area (TPSA) is 110 Å². The number of aromatic nitrogens is 1. The van der Waals surface area contributed by atoms with Gasteiger partial charge in [-0.05, 0) is 30.3 Å². The summed E-state index contributed by atoms with van der Waals surface area (Å²) >= 11 is 5.85. The second-order valence-electron chi connectivity index (χ2n) is 6.53. The normalized spacial score (nSPS) is 15.9. The molecule has 168 valence electrons. The Morgan fingerprint density at radius 1 is 1.10 bits per heavy atom. The summed E-state index contributed by atoms with van der Waals surface area (Å²) in [6.07, 6.45) is -3.82. The highest BCUT2D eigenvalue weighted by Gasteiger charge is 2.34. The number of rotatable bonds is 6. The van der Waals surface area contributed by atoms with Gasteiger partial charge >= 0.3 is 6.36 Å². The van der Waals surface area contributed by atoms with Crippen LogP contribution in [-0.4, -0.2) is 38.6 Å². The molecule has 3 rings (SSSR count). The van der Waals surface area contributed by atoms with Crippen molar-refractivity contribution in [2.24, 2.45) is 5.16 Å². The Morgan fingerprint density at radius 2 is 1.74 bits per heavy atom. The minimum atomic E-state index is -4.92. The standard InChI is InChI=1S/C18H17ClF3N3O5S/c19-15-9-11(10-16(26)24-15)17(30-25-12-5-7-23-8-6-12)31(27,28)14-3-1-13(2-4-14)29-18(20,21)22/h1-4,9-10,17,23H,5-8H2,(H,24,26). The van der Waals surface area contributed by atoms with Crippen molar-refractivity contribution in [2.75, 3.05) is 13.1 Å². The number of alkyl halides is 3. The number of oxime groups is 1. The summed E-state index contributed by atoms with van der Waals surface area (Å²) in [7, 11) is -4.34. The summed E-state index contributed by atoms with van der Waals surface area (Å²) in [5.74, 6) is -0.585.